The van der Waals surface area contributed by atoms with Crippen molar-refractivity contribution in [2.24, 2.45) is 0 Å². The van der Waals surface area contributed by atoms with Crippen LogP contribution in [0, 0.1) is 5.82 Å². The molecule has 1 saturated carbocycles. The van der Waals surface area contributed by atoms with Gasteiger partial charge in [-0.3, -0.25) is 0 Å². The van der Waals surface area contributed by atoms with E-state index in [1.807, 2.05) is 4.90 Å². The third-order valence-corrected chi connectivity index (χ3v) is 5.86. The van der Waals surface area contributed by atoms with E-state index in [0.717, 1.165) is 17.8 Å². The standard InChI is InChI=1S/C17H19FN4OS/c18-13-3-5-14(6-4-13)19-17(23)22-9-7-12(8-10-22)16-21-20-15(24-16)11-1-2-11/h3-6,11-12H,1-2,7-10H2,(H,19,23). The molecule has 2 heterocycles. The number of hydrogen-bond donors (Lipinski definition) is 1. The summed E-state index contributed by atoms with van der Waals surface area (Å²) in [4.78, 5) is 14.1. The summed E-state index contributed by atoms with van der Waals surface area (Å²) in [5, 5.41) is 13.8. The summed E-state index contributed by atoms with van der Waals surface area (Å²) < 4.78 is 12.9. The summed E-state index contributed by atoms with van der Waals surface area (Å²) in [5.41, 5.74) is 0.613. The van der Waals surface area contributed by atoms with Crippen LogP contribution in [-0.4, -0.2) is 34.2 Å². The first-order chi connectivity index (χ1) is 11.7. The summed E-state index contributed by atoms with van der Waals surface area (Å²) in [5.74, 6) is 0.749. The third-order valence-electron chi connectivity index (χ3n) is 4.61. The molecular weight excluding hydrogens is 327 g/mol. The van der Waals surface area contributed by atoms with E-state index < -0.39 is 0 Å². The molecule has 126 valence electrons. The highest BCUT2D eigenvalue weighted by atomic mass is 32.1. The average molecular weight is 346 g/mol. The monoisotopic (exact) mass is 346 g/mol. The molecule has 0 spiro atoms. The van der Waals surface area contributed by atoms with Crippen molar-refractivity contribution in [3.05, 3.63) is 40.1 Å². The van der Waals surface area contributed by atoms with E-state index in [-0.39, 0.29) is 11.8 Å². The van der Waals surface area contributed by atoms with E-state index in [2.05, 4.69) is 15.5 Å². The Bertz CT molecular complexity index is 720. The van der Waals surface area contributed by atoms with Crippen molar-refractivity contribution < 1.29 is 9.18 Å². The Labute approximate surface area is 143 Å². The van der Waals surface area contributed by atoms with Gasteiger partial charge in [0.2, 0.25) is 0 Å². The molecule has 2 fully saturated rings. The summed E-state index contributed by atoms with van der Waals surface area (Å²) in [6, 6.07) is 5.70. The van der Waals surface area contributed by atoms with Gasteiger partial charge in [-0.1, -0.05) is 0 Å². The minimum Gasteiger partial charge on any atom is -0.324 e. The number of anilines is 1. The molecule has 2 amide bonds. The first-order valence-electron chi connectivity index (χ1n) is 8.34. The first-order valence-corrected chi connectivity index (χ1v) is 9.15. The number of aromatic nitrogens is 2. The molecule has 24 heavy (non-hydrogen) atoms. The molecule has 1 N–H and O–H groups in total. The average Bonchev–Trinajstić information content (AvgIpc) is 3.34. The number of carbonyl (C=O) groups excluding carboxylic acids is 1. The molecule has 1 aliphatic carbocycles. The van der Waals surface area contributed by atoms with Crippen molar-refractivity contribution in [1.29, 1.82) is 0 Å². The van der Waals surface area contributed by atoms with Crippen LogP contribution in [0.4, 0.5) is 14.9 Å². The molecule has 0 bridgehead atoms. The van der Waals surface area contributed by atoms with Gasteiger partial charge >= 0.3 is 6.03 Å². The second-order valence-electron chi connectivity index (χ2n) is 6.45. The Morgan fingerprint density at radius 3 is 2.21 bits per heavy atom. The maximum absolute atomic E-state index is 12.9. The van der Waals surface area contributed by atoms with E-state index in [1.165, 1.54) is 30.0 Å². The molecule has 2 aromatic rings. The molecule has 1 aromatic heterocycles. The fourth-order valence-electron chi connectivity index (χ4n) is 2.97. The topological polar surface area (TPSA) is 58.1 Å². The summed E-state index contributed by atoms with van der Waals surface area (Å²) in [6.07, 6.45) is 4.32. The lowest BCUT2D eigenvalue weighted by Gasteiger charge is -2.30. The number of urea groups is 1. The van der Waals surface area contributed by atoms with E-state index in [0.29, 0.717) is 30.6 Å². The fraction of sp³-hybridized carbons (Fsp3) is 0.471. The highest BCUT2D eigenvalue weighted by Gasteiger charge is 2.30. The Morgan fingerprint density at radius 2 is 1.62 bits per heavy atom. The van der Waals surface area contributed by atoms with Gasteiger partial charge in [-0.15, -0.1) is 21.5 Å². The zero-order valence-electron chi connectivity index (χ0n) is 13.2. The highest BCUT2D eigenvalue weighted by Crippen LogP contribution is 2.43. The van der Waals surface area contributed by atoms with Crippen molar-refractivity contribution in [3.8, 4) is 0 Å². The van der Waals surface area contributed by atoms with Crippen LogP contribution in [0.25, 0.3) is 0 Å². The summed E-state index contributed by atoms with van der Waals surface area (Å²) in [7, 11) is 0. The Balaban J connectivity index is 1.31. The zero-order valence-corrected chi connectivity index (χ0v) is 14.1. The fourth-order valence-corrected chi connectivity index (χ4v) is 4.15. The van der Waals surface area contributed by atoms with Crippen molar-refractivity contribution in [2.45, 2.75) is 37.5 Å². The molecule has 1 aromatic carbocycles. The van der Waals surface area contributed by atoms with Gasteiger partial charge in [0.1, 0.15) is 15.8 Å². The molecule has 1 aliphatic heterocycles. The Morgan fingerprint density at radius 1 is 1.04 bits per heavy atom. The maximum atomic E-state index is 12.9. The molecule has 4 rings (SSSR count). The number of halogens is 1. The van der Waals surface area contributed by atoms with Crippen LogP contribution in [0.5, 0.6) is 0 Å². The lowest BCUT2D eigenvalue weighted by atomic mass is 9.98. The van der Waals surface area contributed by atoms with Gasteiger partial charge in [-0.2, -0.15) is 0 Å². The molecule has 0 unspecified atom stereocenters. The van der Waals surface area contributed by atoms with Crippen LogP contribution in [-0.2, 0) is 0 Å². The van der Waals surface area contributed by atoms with E-state index in [9.17, 15) is 9.18 Å². The second-order valence-corrected chi connectivity index (χ2v) is 7.49. The summed E-state index contributed by atoms with van der Waals surface area (Å²) in [6.45, 7) is 1.41. The number of likely N-dealkylation sites (tertiary alicyclic amines) is 1. The number of rotatable bonds is 3. The SMILES string of the molecule is O=C(Nc1ccc(F)cc1)N1CCC(c2nnc(C3CC3)s2)CC1. The molecule has 1 saturated heterocycles. The van der Waals surface area contributed by atoms with Crippen molar-refractivity contribution in [3.63, 3.8) is 0 Å². The normalized spacial score (nSPS) is 18.6. The lowest BCUT2D eigenvalue weighted by molar-refractivity contribution is 0.194. The number of nitrogens with one attached hydrogen (secondary N) is 1. The molecule has 0 atom stereocenters. The Hall–Kier alpha value is -2.02. The van der Waals surface area contributed by atoms with Gasteiger partial charge < -0.3 is 10.2 Å². The minimum absolute atomic E-state index is 0.129. The number of amides is 2. The van der Waals surface area contributed by atoms with Gasteiger partial charge in [0.15, 0.2) is 0 Å². The minimum atomic E-state index is -0.309. The van der Waals surface area contributed by atoms with E-state index in [1.54, 1.807) is 23.5 Å². The number of hydrogen-bond acceptors (Lipinski definition) is 4. The third kappa shape index (κ3) is 3.40. The molecular formula is C17H19FN4OS. The Kier molecular flexibility index (Phi) is 4.18. The van der Waals surface area contributed by atoms with Crippen LogP contribution >= 0.6 is 11.3 Å². The van der Waals surface area contributed by atoms with Gasteiger partial charge in [0, 0.05) is 30.6 Å². The predicted octanol–water partition coefficient (Wildman–Crippen LogP) is 3.97. The highest BCUT2D eigenvalue weighted by molar-refractivity contribution is 7.11. The molecule has 5 nitrogen and oxygen atoms in total. The zero-order chi connectivity index (χ0) is 16.5. The second kappa shape index (κ2) is 6.47. The predicted molar refractivity (Wildman–Crippen MR) is 90.9 cm³/mol. The smallest absolute Gasteiger partial charge is 0.321 e. The van der Waals surface area contributed by atoms with Gasteiger partial charge in [-0.05, 0) is 49.9 Å². The van der Waals surface area contributed by atoms with Crippen LogP contribution in [0.15, 0.2) is 24.3 Å². The van der Waals surface area contributed by atoms with E-state index in [4.69, 9.17) is 0 Å². The van der Waals surface area contributed by atoms with Crippen LogP contribution in [0.2, 0.25) is 0 Å². The molecule has 7 heteroatoms. The van der Waals surface area contributed by atoms with Gasteiger partial charge in [-0.25, -0.2) is 9.18 Å². The van der Waals surface area contributed by atoms with Crippen molar-refractivity contribution in [1.82, 2.24) is 15.1 Å². The van der Waals surface area contributed by atoms with E-state index >= 15 is 0 Å². The lowest BCUT2D eigenvalue weighted by Crippen LogP contribution is -2.40. The van der Waals surface area contributed by atoms with Gasteiger partial charge in [0.25, 0.3) is 0 Å². The summed E-state index contributed by atoms with van der Waals surface area (Å²) >= 11 is 1.75. The van der Waals surface area contributed by atoms with Crippen LogP contribution in [0.1, 0.15) is 47.5 Å². The van der Waals surface area contributed by atoms with Gasteiger partial charge in [0.05, 0.1) is 0 Å². The number of nitrogens with zero attached hydrogens (tertiary/aromatic N) is 3. The van der Waals surface area contributed by atoms with Crippen molar-refractivity contribution >= 4 is 23.1 Å². The maximum Gasteiger partial charge on any atom is 0.321 e. The quantitative estimate of drug-likeness (QED) is 0.915. The van der Waals surface area contributed by atoms with Crippen molar-refractivity contribution in [2.75, 3.05) is 18.4 Å². The molecule has 0 radical (unpaired) electrons. The largest absolute Gasteiger partial charge is 0.324 e. The number of carbonyl (C=O) groups is 1. The number of piperidine rings is 1. The molecule has 2 aliphatic rings. The number of benzene rings is 1. The van der Waals surface area contributed by atoms with Crippen LogP contribution < -0.4 is 5.32 Å². The first kappa shape index (κ1) is 15.5. The van der Waals surface area contributed by atoms with Crippen LogP contribution in [0.3, 0.4) is 0 Å².